The van der Waals surface area contributed by atoms with Crippen LogP contribution in [-0.4, -0.2) is 76.2 Å². The van der Waals surface area contributed by atoms with Crippen molar-refractivity contribution in [3.63, 3.8) is 0 Å². The van der Waals surface area contributed by atoms with Crippen LogP contribution in [0.3, 0.4) is 0 Å². The molecule has 0 saturated carbocycles. The molecule has 0 radical (unpaired) electrons. The van der Waals surface area contributed by atoms with E-state index in [-0.39, 0.29) is 11.8 Å². The lowest BCUT2D eigenvalue weighted by Gasteiger charge is -2.33. The summed E-state index contributed by atoms with van der Waals surface area (Å²) >= 11 is 1.53. The zero-order chi connectivity index (χ0) is 24.4. The van der Waals surface area contributed by atoms with E-state index in [1.807, 2.05) is 4.90 Å². The molecule has 2 aromatic rings. The average molecular weight is 488 g/mol. The van der Waals surface area contributed by atoms with Gasteiger partial charge in [0.05, 0.1) is 26.9 Å². The van der Waals surface area contributed by atoms with E-state index in [2.05, 4.69) is 24.2 Å². The zero-order valence-corrected chi connectivity index (χ0v) is 21.3. The van der Waals surface area contributed by atoms with Gasteiger partial charge in [-0.2, -0.15) is 0 Å². The number of nitrogens with one attached hydrogen (secondary N) is 1. The summed E-state index contributed by atoms with van der Waals surface area (Å²) in [5, 5.41) is 3.66. The van der Waals surface area contributed by atoms with Crippen molar-refractivity contribution in [2.24, 2.45) is 5.92 Å². The fourth-order valence-electron chi connectivity index (χ4n) is 4.62. The molecule has 2 amide bonds. The van der Waals surface area contributed by atoms with Gasteiger partial charge in [0.1, 0.15) is 5.00 Å². The number of rotatable bonds is 6. The fraction of sp³-hybridized carbons (Fsp3) is 0.520. The van der Waals surface area contributed by atoms with E-state index in [0.717, 1.165) is 37.9 Å². The Bertz CT molecular complexity index is 1050. The SMILES string of the molecule is COc1cc(C(=O)Nc2sc3c(c2C(=O)N2CCN(C)CC2)CC[C@@H](C)C3)cc(OC)c1OC. The van der Waals surface area contributed by atoms with Crippen molar-refractivity contribution >= 4 is 28.2 Å². The second-order valence-electron chi connectivity index (χ2n) is 9.02. The van der Waals surface area contributed by atoms with Crippen molar-refractivity contribution in [1.82, 2.24) is 9.80 Å². The van der Waals surface area contributed by atoms with Crippen molar-refractivity contribution in [3.05, 3.63) is 33.7 Å². The van der Waals surface area contributed by atoms with Crippen LogP contribution in [0.25, 0.3) is 0 Å². The molecule has 1 aromatic carbocycles. The number of piperazine rings is 1. The van der Waals surface area contributed by atoms with Gasteiger partial charge in [0.2, 0.25) is 5.75 Å². The smallest absolute Gasteiger partial charge is 0.257 e. The number of likely N-dealkylation sites (N-methyl/N-ethyl adjacent to an activating group) is 1. The Morgan fingerprint density at radius 1 is 1.03 bits per heavy atom. The number of anilines is 1. The van der Waals surface area contributed by atoms with Crippen LogP contribution in [0.15, 0.2) is 12.1 Å². The third-order valence-corrected chi connectivity index (χ3v) is 7.84. The van der Waals surface area contributed by atoms with E-state index in [1.165, 1.54) is 37.5 Å². The van der Waals surface area contributed by atoms with Crippen LogP contribution in [0.4, 0.5) is 5.00 Å². The van der Waals surface area contributed by atoms with Gasteiger partial charge in [-0.05, 0) is 49.9 Å². The molecule has 2 heterocycles. The van der Waals surface area contributed by atoms with Crippen molar-refractivity contribution in [2.45, 2.75) is 26.2 Å². The number of fused-ring (bicyclic) bond motifs is 1. The largest absolute Gasteiger partial charge is 0.493 e. The van der Waals surface area contributed by atoms with Crippen LogP contribution in [0.5, 0.6) is 17.2 Å². The molecule has 1 fully saturated rings. The minimum atomic E-state index is -0.321. The van der Waals surface area contributed by atoms with Crippen LogP contribution in [0.1, 0.15) is 44.5 Å². The predicted octanol–water partition coefficient (Wildman–Crippen LogP) is 3.54. The molecule has 1 saturated heterocycles. The first-order valence-electron chi connectivity index (χ1n) is 11.6. The van der Waals surface area contributed by atoms with Gasteiger partial charge in [0, 0.05) is 36.6 Å². The van der Waals surface area contributed by atoms with E-state index < -0.39 is 0 Å². The number of methoxy groups -OCH3 is 3. The second kappa shape index (κ2) is 10.2. The van der Waals surface area contributed by atoms with Gasteiger partial charge in [-0.1, -0.05) is 6.92 Å². The Labute approximate surface area is 204 Å². The summed E-state index contributed by atoms with van der Waals surface area (Å²) in [5.74, 6) is 1.49. The summed E-state index contributed by atoms with van der Waals surface area (Å²) in [6.45, 7) is 5.32. The summed E-state index contributed by atoms with van der Waals surface area (Å²) in [6, 6.07) is 3.24. The molecule has 1 aliphatic heterocycles. The first-order chi connectivity index (χ1) is 16.4. The highest BCUT2D eigenvalue weighted by atomic mass is 32.1. The minimum absolute atomic E-state index is 0.0142. The summed E-state index contributed by atoms with van der Waals surface area (Å²) < 4.78 is 16.2. The average Bonchev–Trinajstić information content (AvgIpc) is 3.19. The number of carbonyl (C=O) groups is 2. The quantitative estimate of drug-likeness (QED) is 0.672. The van der Waals surface area contributed by atoms with E-state index in [0.29, 0.717) is 52.4 Å². The lowest BCUT2D eigenvalue weighted by atomic mass is 9.88. The molecule has 34 heavy (non-hydrogen) atoms. The molecular weight excluding hydrogens is 454 g/mol. The topological polar surface area (TPSA) is 80.3 Å². The molecule has 1 N–H and O–H groups in total. The first-order valence-corrected chi connectivity index (χ1v) is 12.4. The summed E-state index contributed by atoms with van der Waals surface area (Å²) in [6.07, 6.45) is 2.85. The Balaban J connectivity index is 1.68. The summed E-state index contributed by atoms with van der Waals surface area (Å²) in [4.78, 5) is 32.3. The number of carbonyl (C=O) groups excluding carboxylic acids is 2. The molecule has 8 nitrogen and oxygen atoms in total. The second-order valence-corrected chi connectivity index (χ2v) is 10.1. The lowest BCUT2D eigenvalue weighted by molar-refractivity contribution is 0.0664. The number of amides is 2. The Kier molecular flexibility index (Phi) is 7.33. The van der Waals surface area contributed by atoms with Gasteiger partial charge in [0.15, 0.2) is 11.5 Å². The van der Waals surface area contributed by atoms with Gasteiger partial charge in [-0.25, -0.2) is 0 Å². The van der Waals surface area contributed by atoms with Gasteiger partial charge in [0.25, 0.3) is 11.8 Å². The number of hydrogen-bond acceptors (Lipinski definition) is 7. The van der Waals surface area contributed by atoms with Crippen LogP contribution in [-0.2, 0) is 12.8 Å². The lowest BCUT2D eigenvalue weighted by Crippen LogP contribution is -2.47. The highest BCUT2D eigenvalue weighted by Gasteiger charge is 2.32. The molecule has 0 spiro atoms. The minimum Gasteiger partial charge on any atom is -0.493 e. The zero-order valence-electron chi connectivity index (χ0n) is 20.5. The van der Waals surface area contributed by atoms with E-state index in [9.17, 15) is 9.59 Å². The van der Waals surface area contributed by atoms with Gasteiger partial charge < -0.3 is 29.3 Å². The number of benzene rings is 1. The number of ether oxygens (including phenoxy) is 3. The maximum Gasteiger partial charge on any atom is 0.257 e. The fourth-order valence-corrected chi connectivity index (χ4v) is 6.02. The third kappa shape index (κ3) is 4.72. The molecule has 1 aromatic heterocycles. The maximum absolute atomic E-state index is 13.7. The molecule has 1 atom stereocenters. The van der Waals surface area contributed by atoms with Gasteiger partial charge in [-0.3, -0.25) is 9.59 Å². The predicted molar refractivity (Wildman–Crippen MR) is 133 cm³/mol. The van der Waals surface area contributed by atoms with Crippen molar-refractivity contribution in [3.8, 4) is 17.2 Å². The van der Waals surface area contributed by atoms with Crippen molar-refractivity contribution < 1.29 is 23.8 Å². The van der Waals surface area contributed by atoms with Gasteiger partial charge in [-0.15, -0.1) is 11.3 Å². The van der Waals surface area contributed by atoms with E-state index in [4.69, 9.17) is 14.2 Å². The highest BCUT2D eigenvalue weighted by molar-refractivity contribution is 7.17. The van der Waals surface area contributed by atoms with Crippen LogP contribution in [0, 0.1) is 5.92 Å². The molecular formula is C25H33N3O5S. The van der Waals surface area contributed by atoms with Crippen LogP contribution in [0.2, 0.25) is 0 Å². The van der Waals surface area contributed by atoms with Gasteiger partial charge >= 0.3 is 0 Å². The summed E-state index contributed by atoms with van der Waals surface area (Å²) in [7, 11) is 6.62. The molecule has 2 aliphatic rings. The van der Waals surface area contributed by atoms with Crippen molar-refractivity contribution in [2.75, 3.05) is 59.9 Å². The highest BCUT2D eigenvalue weighted by Crippen LogP contribution is 2.42. The maximum atomic E-state index is 13.7. The van der Waals surface area contributed by atoms with Crippen molar-refractivity contribution in [1.29, 1.82) is 0 Å². The molecule has 0 unspecified atom stereocenters. The molecule has 9 heteroatoms. The Morgan fingerprint density at radius 2 is 1.68 bits per heavy atom. The molecule has 184 valence electrons. The molecule has 0 bridgehead atoms. The van der Waals surface area contributed by atoms with E-state index in [1.54, 1.807) is 12.1 Å². The van der Waals surface area contributed by atoms with E-state index >= 15 is 0 Å². The molecule has 1 aliphatic carbocycles. The van der Waals surface area contributed by atoms with Crippen LogP contribution < -0.4 is 19.5 Å². The Hall–Kier alpha value is -2.78. The number of nitrogens with zero attached hydrogens (tertiary/aromatic N) is 2. The van der Waals surface area contributed by atoms with Crippen LogP contribution >= 0.6 is 11.3 Å². The Morgan fingerprint density at radius 3 is 2.26 bits per heavy atom. The number of hydrogen-bond donors (Lipinski definition) is 1. The molecule has 4 rings (SSSR count). The third-order valence-electron chi connectivity index (χ3n) is 6.67. The summed E-state index contributed by atoms with van der Waals surface area (Å²) in [5.41, 5.74) is 2.14. The normalized spacial score (nSPS) is 18.3. The standard InChI is InChI=1S/C25H33N3O5S/c1-15-6-7-17-20(12-15)34-24(21(17)25(30)28-10-8-27(2)9-11-28)26-23(29)16-13-18(31-3)22(33-5)19(14-16)32-4/h13-15H,6-12H2,1-5H3,(H,26,29)/t15-/m1/s1. The first kappa shape index (κ1) is 24.3. The number of thiophene rings is 1. The monoisotopic (exact) mass is 487 g/mol.